The molecule has 2 aromatic heterocycles. The zero-order valence-corrected chi connectivity index (χ0v) is 17.1. The van der Waals surface area contributed by atoms with Crippen LogP contribution in [-0.2, 0) is 6.54 Å². The van der Waals surface area contributed by atoms with Crippen LogP contribution >= 0.6 is 0 Å². The number of aryl methyl sites for hydroxylation is 1. The number of hydrogen-bond donors (Lipinski definition) is 1. The van der Waals surface area contributed by atoms with E-state index >= 15 is 0 Å². The van der Waals surface area contributed by atoms with Crippen molar-refractivity contribution >= 4 is 33.7 Å². The molecule has 0 aliphatic rings. The smallest absolute Gasteiger partial charge is 0.256 e. The van der Waals surface area contributed by atoms with Gasteiger partial charge in [0.2, 0.25) is 0 Å². The summed E-state index contributed by atoms with van der Waals surface area (Å²) >= 11 is 0. The molecular weight excluding hydrogens is 364 g/mol. The molecule has 0 atom stereocenters. The number of fused-ring (bicyclic) bond motifs is 2. The summed E-state index contributed by atoms with van der Waals surface area (Å²) in [6.07, 6.45) is 0. The van der Waals surface area contributed by atoms with Crippen LogP contribution in [0.4, 0.5) is 5.82 Å². The highest BCUT2D eigenvalue weighted by Crippen LogP contribution is 2.27. The number of carbonyl (C=O) groups is 1. The van der Waals surface area contributed by atoms with Crippen molar-refractivity contribution in [1.82, 2.24) is 14.8 Å². The summed E-state index contributed by atoms with van der Waals surface area (Å²) in [5.74, 6) is 1.42. The van der Waals surface area contributed by atoms with Crippen LogP contribution in [0.25, 0.3) is 21.9 Å². The van der Waals surface area contributed by atoms with Gasteiger partial charge in [0.15, 0.2) is 11.5 Å². The van der Waals surface area contributed by atoms with Crippen molar-refractivity contribution in [3.8, 4) is 5.75 Å². The van der Waals surface area contributed by atoms with Gasteiger partial charge in [-0.3, -0.25) is 4.79 Å². The van der Waals surface area contributed by atoms with E-state index in [0.29, 0.717) is 23.0 Å². The summed E-state index contributed by atoms with van der Waals surface area (Å²) in [5, 5.41) is 9.49. The number of rotatable bonds is 5. The number of nitrogens with zero attached hydrogens (tertiary/aromatic N) is 3. The lowest BCUT2D eigenvalue weighted by atomic mass is 10.1. The monoisotopic (exact) mass is 388 g/mol. The number of nitrogens with one attached hydrogen (secondary N) is 1. The van der Waals surface area contributed by atoms with E-state index in [1.807, 2.05) is 16.8 Å². The molecule has 0 aliphatic heterocycles. The fraction of sp³-hybridized carbons (Fsp3) is 0.261. The molecule has 0 bridgehead atoms. The number of aromatic nitrogens is 3. The highest BCUT2D eigenvalue weighted by Gasteiger charge is 2.17. The van der Waals surface area contributed by atoms with E-state index in [-0.39, 0.29) is 5.91 Å². The quantitative estimate of drug-likeness (QED) is 0.533. The number of methoxy groups -OCH3 is 1. The van der Waals surface area contributed by atoms with Crippen molar-refractivity contribution in [3.05, 3.63) is 59.7 Å². The average molecular weight is 388 g/mol. The third-order valence-electron chi connectivity index (χ3n) is 4.80. The fourth-order valence-electron chi connectivity index (χ4n) is 3.35. The van der Waals surface area contributed by atoms with Crippen LogP contribution < -0.4 is 10.1 Å². The highest BCUT2D eigenvalue weighted by molar-refractivity contribution is 6.08. The van der Waals surface area contributed by atoms with E-state index in [1.165, 1.54) is 0 Å². The molecule has 0 radical (unpaired) electrons. The van der Waals surface area contributed by atoms with Gasteiger partial charge in [0.25, 0.3) is 5.91 Å². The minimum absolute atomic E-state index is 0.215. The summed E-state index contributed by atoms with van der Waals surface area (Å²) < 4.78 is 7.04. The van der Waals surface area contributed by atoms with Gasteiger partial charge in [-0.25, -0.2) is 9.67 Å². The second-order valence-corrected chi connectivity index (χ2v) is 7.66. The molecule has 148 valence electrons. The molecule has 0 fully saturated rings. The maximum atomic E-state index is 12.8. The molecular formula is C23H24N4O2. The molecule has 4 aromatic rings. The first kappa shape index (κ1) is 18.9. The number of anilines is 1. The van der Waals surface area contributed by atoms with E-state index < -0.39 is 0 Å². The Morgan fingerprint density at radius 3 is 2.59 bits per heavy atom. The van der Waals surface area contributed by atoms with Gasteiger partial charge in [-0.05, 0) is 54.8 Å². The van der Waals surface area contributed by atoms with E-state index in [4.69, 9.17) is 9.72 Å². The minimum Gasteiger partial charge on any atom is -0.497 e. The van der Waals surface area contributed by atoms with E-state index in [0.717, 1.165) is 34.0 Å². The van der Waals surface area contributed by atoms with Gasteiger partial charge in [-0.15, -0.1) is 0 Å². The molecule has 2 heterocycles. The van der Waals surface area contributed by atoms with Crippen molar-refractivity contribution in [3.63, 3.8) is 0 Å². The molecule has 1 N–H and O–H groups in total. The zero-order chi connectivity index (χ0) is 20.5. The molecule has 6 heteroatoms. The van der Waals surface area contributed by atoms with Crippen molar-refractivity contribution in [2.45, 2.75) is 27.3 Å². The molecule has 4 rings (SSSR count). The lowest BCUT2D eigenvalue weighted by Gasteiger charge is -2.06. The molecule has 1 amide bonds. The van der Waals surface area contributed by atoms with Crippen LogP contribution in [0.2, 0.25) is 0 Å². The fourth-order valence-corrected chi connectivity index (χ4v) is 3.35. The Morgan fingerprint density at radius 2 is 1.90 bits per heavy atom. The molecule has 29 heavy (non-hydrogen) atoms. The summed E-state index contributed by atoms with van der Waals surface area (Å²) in [6.45, 7) is 7.04. The molecule has 0 aliphatic carbocycles. The van der Waals surface area contributed by atoms with Crippen molar-refractivity contribution in [2.75, 3.05) is 12.4 Å². The molecule has 0 spiro atoms. The molecule has 6 nitrogen and oxygen atoms in total. The van der Waals surface area contributed by atoms with Crippen molar-refractivity contribution in [1.29, 1.82) is 0 Å². The summed E-state index contributed by atoms with van der Waals surface area (Å²) in [5.41, 5.74) is 3.41. The molecule has 0 unspecified atom stereocenters. The number of amides is 1. The Morgan fingerprint density at radius 1 is 1.14 bits per heavy atom. The third-order valence-corrected chi connectivity index (χ3v) is 4.80. The van der Waals surface area contributed by atoms with Gasteiger partial charge in [0.1, 0.15) is 5.75 Å². The highest BCUT2D eigenvalue weighted by atomic mass is 16.5. The number of benzene rings is 2. The number of hydrogen-bond acceptors (Lipinski definition) is 4. The lowest BCUT2D eigenvalue weighted by molar-refractivity contribution is 0.102. The summed E-state index contributed by atoms with van der Waals surface area (Å²) in [6, 6.07) is 15.2. The van der Waals surface area contributed by atoms with E-state index in [9.17, 15) is 4.79 Å². The van der Waals surface area contributed by atoms with E-state index in [2.05, 4.69) is 43.3 Å². The largest absolute Gasteiger partial charge is 0.497 e. The van der Waals surface area contributed by atoms with E-state index in [1.54, 1.807) is 31.4 Å². The molecule has 0 saturated carbocycles. The van der Waals surface area contributed by atoms with Gasteiger partial charge < -0.3 is 10.1 Å². The lowest BCUT2D eigenvalue weighted by Crippen LogP contribution is -2.13. The van der Waals surface area contributed by atoms with Gasteiger partial charge in [0.05, 0.1) is 18.0 Å². The Kier molecular flexibility index (Phi) is 4.92. The van der Waals surface area contributed by atoms with Crippen LogP contribution in [0, 0.1) is 12.8 Å². The molecule has 0 saturated heterocycles. The first-order valence-electron chi connectivity index (χ1n) is 9.68. The second kappa shape index (κ2) is 7.54. The van der Waals surface area contributed by atoms with Crippen molar-refractivity contribution in [2.24, 2.45) is 5.92 Å². The van der Waals surface area contributed by atoms with Gasteiger partial charge in [-0.2, -0.15) is 5.10 Å². The van der Waals surface area contributed by atoms with Crippen LogP contribution in [0.15, 0.2) is 48.5 Å². The second-order valence-electron chi connectivity index (χ2n) is 7.66. The number of carbonyl (C=O) groups excluding carboxylic acids is 1. The van der Waals surface area contributed by atoms with Gasteiger partial charge in [-0.1, -0.05) is 26.0 Å². The maximum absolute atomic E-state index is 12.8. The third kappa shape index (κ3) is 3.78. The van der Waals surface area contributed by atoms with Crippen LogP contribution in [-0.4, -0.2) is 27.8 Å². The number of pyridine rings is 1. The Bertz CT molecular complexity index is 1190. The first-order valence-corrected chi connectivity index (χ1v) is 9.68. The normalized spacial score (nSPS) is 11.3. The zero-order valence-electron chi connectivity index (χ0n) is 17.1. The SMILES string of the molecule is COc1ccc(C(=O)Nc2nn(CC(C)C)c3nc4cc(C)ccc4cc23)cc1. The maximum Gasteiger partial charge on any atom is 0.256 e. The summed E-state index contributed by atoms with van der Waals surface area (Å²) in [4.78, 5) is 17.6. The predicted molar refractivity (Wildman–Crippen MR) is 116 cm³/mol. The Balaban J connectivity index is 1.77. The van der Waals surface area contributed by atoms with Gasteiger partial charge in [0, 0.05) is 17.5 Å². The van der Waals surface area contributed by atoms with Crippen LogP contribution in [0.5, 0.6) is 5.75 Å². The number of ether oxygens (including phenoxy) is 1. The van der Waals surface area contributed by atoms with Gasteiger partial charge >= 0.3 is 0 Å². The first-order chi connectivity index (χ1) is 13.9. The summed E-state index contributed by atoms with van der Waals surface area (Å²) in [7, 11) is 1.60. The minimum atomic E-state index is -0.215. The van der Waals surface area contributed by atoms with Crippen molar-refractivity contribution < 1.29 is 9.53 Å². The average Bonchev–Trinajstić information content (AvgIpc) is 3.01. The topological polar surface area (TPSA) is 69.0 Å². The predicted octanol–water partition coefficient (Wildman–Crippen LogP) is 4.81. The molecule has 2 aromatic carbocycles. The van der Waals surface area contributed by atoms with Crippen LogP contribution in [0.3, 0.4) is 0 Å². The Labute approximate surface area is 169 Å². The standard InChI is InChI=1S/C23H24N4O2/c1-14(2)13-27-22-19(12-17-6-5-15(3)11-20(17)24-22)21(26-27)25-23(28)16-7-9-18(29-4)10-8-16/h5-12,14H,13H2,1-4H3,(H,25,26,28). The van der Waals surface area contributed by atoms with Crippen LogP contribution in [0.1, 0.15) is 29.8 Å². The Hall–Kier alpha value is -3.41.